The van der Waals surface area contributed by atoms with Crippen LogP contribution >= 0.6 is 0 Å². The van der Waals surface area contributed by atoms with Gasteiger partial charge in [-0.1, -0.05) is 12.1 Å². The van der Waals surface area contributed by atoms with Crippen molar-refractivity contribution in [3.8, 4) is 11.5 Å². The predicted molar refractivity (Wildman–Crippen MR) is 126 cm³/mol. The van der Waals surface area contributed by atoms with E-state index in [1.807, 2.05) is 26.0 Å². The van der Waals surface area contributed by atoms with Crippen LogP contribution in [-0.4, -0.2) is 40.5 Å². The van der Waals surface area contributed by atoms with Gasteiger partial charge in [-0.2, -0.15) is 0 Å². The molecule has 0 radical (unpaired) electrons. The van der Waals surface area contributed by atoms with Crippen LogP contribution in [0.25, 0.3) is 11.0 Å². The Labute approximate surface area is 186 Å². The highest BCUT2D eigenvalue weighted by Crippen LogP contribution is 2.33. The van der Waals surface area contributed by atoms with Crippen LogP contribution in [0.4, 0.5) is 5.69 Å². The fourth-order valence-electron chi connectivity index (χ4n) is 4.14. The van der Waals surface area contributed by atoms with Crippen molar-refractivity contribution in [2.24, 2.45) is 0 Å². The standard InChI is InChI=1S/C24H31N3O3S/c1-4-29-22-14-19-20(15-23(22)30-5-2)26-24(25-19)31(28)16-18-17(3)10-9-11-21(18)27-12-7-6-8-13-27/h9-11,14-15H,4-8,12-13,16H2,1-3H3,(H,25,26). The average molecular weight is 442 g/mol. The first-order valence-electron chi connectivity index (χ1n) is 11.1. The summed E-state index contributed by atoms with van der Waals surface area (Å²) in [5.74, 6) is 1.77. The number of H-pyrrole nitrogens is 1. The second-order valence-corrected chi connectivity index (χ2v) is 9.20. The Morgan fingerprint density at radius 1 is 1.06 bits per heavy atom. The zero-order valence-electron chi connectivity index (χ0n) is 18.6. The Morgan fingerprint density at radius 3 is 2.48 bits per heavy atom. The van der Waals surface area contributed by atoms with Crippen molar-refractivity contribution >= 4 is 27.5 Å². The molecule has 1 N–H and O–H groups in total. The number of rotatable bonds is 8. The van der Waals surface area contributed by atoms with E-state index in [1.165, 1.54) is 30.5 Å². The van der Waals surface area contributed by atoms with Gasteiger partial charge in [0.25, 0.3) is 0 Å². The summed E-state index contributed by atoms with van der Waals surface area (Å²) in [6, 6.07) is 10.1. The maximum absolute atomic E-state index is 13.3. The highest BCUT2D eigenvalue weighted by atomic mass is 32.2. The number of imidazole rings is 1. The molecule has 31 heavy (non-hydrogen) atoms. The highest BCUT2D eigenvalue weighted by Gasteiger charge is 2.20. The maximum atomic E-state index is 13.3. The SMILES string of the molecule is CCOc1cc2nc(S(=O)Cc3c(C)cccc3N3CCCCC3)[nH]c2cc1OCC. The van der Waals surface area contributed by atoms with Gasteiger partial charge in [0.1, 0.15) is 0 Å². The quantitative estimate of drug-likeness (QED) is 0.535. The number of hydrogen-bond acceptors (Lipinski definition) is 5. The van der Waals surface area contributed by atoms with Crippen molar-refractivity contribution in [2.75, 3.05) is 31.2 Å². The summed E-state index contributed by atoms with van der Waals surface area (Å²) in [7, 11) is -1.29. The zero-order valence-corrected chi connectivity index (χ0v) is 19.4. The Bertz CT molecular complexity index is 1030. The molecular formula is C24H31N3O3S. The molecule has 1 saturated heterocycles. The molecule has 0 spiro atoms. The van der Waals surface area contributed by atoms with Gasteiger partial charge in [-0.3, -0.25) is 4.21 Å². The number of nitrogens with zero attached hydrogens (tertiary/aromatic N) is 2. The largest absolute Gasteiger partial charge is 0.490 e. The summed E-state index contributed by atoms with van der Waals surface area (Å²) < 4.78 is 24.7. The monoisotopic (exact) mass is 441 g/mol. The number of benzene rings is 2. The number of aromatic amines is 1. The molecule has 166 valence electrons. The van der Waals surface area contributed by atoms with E-state index in [4.69, 9.17) is 9.47 Å². The molecule has 0 amide bonds. The minimum atomic E-state index is -1.29. The predicted octanol–water partition coefficient (Wildman–Crippen LogP) is 4.97. The van der Waals surface area contributed by atoms with E-state index in [1.54, 1.807) is 0 Å². The van der Waals surface area contributed by atoms with Crippen LogP contribution in [0, 0.1) is 6.92 Å². The smallest absolute Gasteiger partial charge is 0.197 e. The third kappa shape index (κ3) is 4.71. The van der Waals surface area contributed by atoms with Gasteiger partial charge in [-0.05, 0) is 57.2 Å². The third-order valence-corrected chi connectivity index (χ3v) is 6.87. The van der Waals surface area contributed by atoms with Gasteiger partial charge in [0.2, 0.25) is 0 Å². The molecule has 7 heteroatoms. The van der Waals surface area contributed by atoms with Crippen molar-refractivity contribution in [3.05, 3.63) is 41.5 Å². The summed E-state index contributed by atoms with van der Waals surface area (Å²) in [6.45, 7) is 9.19. The molecule has 3 aromatic rings. The van der Waals surface area contributed by atoms with Crippen molar-refractivity contribution in [3.63, 3.8) is 0 Å². The lowest BCUT2D eigenvalue weighted by molar-refractivity contribution is 0.288. The van der Waals surface area contributed by atoms with Crippen molar-refractivity contribution in [2.45, 2.75) is 50.9 Å². The normalized spacial score (nSPS) is 15.3. The number of nitrogens with one attached hydrogen (secondary N) is 1. The molecule has 1 aliphatic heterocycles. The lowest BCUT2D eigenvalue weighted by Crippen LogP contribution is -2.30. The maximum Gasteiger partial charge on any atom is 0.197 e. The van der Waals surface area contributed by atoms with E-state index in [-0.39, 0.29) is 0 Å². The van der Waals surface area contributed by atoms with E-state index >= 15 is 0 Å². The van der Waals surface area contributed by atoms with Crippen molar-refractivity contribution < 1.29 is 13.7 Å². The summed E-state index contributed by atoms with van der Waals surface area (Å²) in [5, 5.41) is 0.485. The molecule has 4 rings (SSSR count). The molecule has 0 saturated carbocycles. The van der Waals surface area contributed by atoms with Crippen LogP contribution in [0.2, 0.25) is 0 Å². The van der Waals surface area contributed by atoms with Gasteiger partial charge in [-0.25, -0.2) is 4.98 Å². The number of aromatic nitrogens is 2. The Hall–Kier alpha value is -2.54. The highest BCUT2D eigenvalue weighted by molar-refractivity contribution is 7.84. The molecule has 1 atom stereocenters. The molecule has 2 aromatic carbocycles. The molecule has 1 aromatic heterocycles. The van der Waals surface area contributed by atoms with E-state index < -0.39 is 10.8 Å². The second kappa shape index (κ2) is 9.73. The first kappa shape index (κ1) is 21.7. The first-order valence-corrected chi connectivity index (χ1v) is 12.4. The van der Waals surface area contributed by atoms with Gasteiger partial charge in [0.15, 0.2) is 16.7 Å². The van der Waals surface area contributed by atoms with Crippen LogP contribution in [0.5, 0.6) is 11.5 Å². The fourth-order valence-corrected chi connectivity index (χ4v) is 5.34. The molecule has 2 heterocycles. The van der Waals surface area contributed by atoms with Crippen LogP contribution < -0.4 is 14.4 Å². The van der Waals surface area contributed by atoms with Gasteiger partial charge in [0, 0.05) is 30.9 Å². The molecule has 0 bridgehead atoms. The number of aryl methyl sites for hydroxylation is 1. The molecular weight excluding hydrogens is 410 g/mol. The fraction of sp³-hybridized carbons (Fsp3) is 0.458. The summed E-state index contributed by atoms with van der Waals surface area (Å²) in [4.78, 5) is 10.3. The zero-order chi connectivity index (χ0) is 21.8. The van der Waals surface area contributed by atoms with Crippen LogP contribution in [0.15, 0.2) is 35.5 Å². The number of ether oxygens (including phenoxy) is 2. The Balaban J connectivity index is 1.63. The van der Waals surface area contributed by atoms with Gasteiger partial charge >= 0.3 is 0 Å². The summed E-state index contributed by atoms with van der Waals surface area (Å²) >= 11 is 0. The van der Waals surface area contributed by atoms with Gasteiger partial charge < -0.3 is 19.4 Å². The van der Waals surface area contributed by atoms with Crippen LogP contribution in [-0.2, 0) is 16.6 Å². The molecule has 1 fully saturated rings. The number of anilines is 1. The first-order chi connectivity index (χ1) is 15.1. The lowest BCUT2D eigenvalue weighted by atomic mass is 10.0. The minimum absolute atomic E-state index is 0.439. The van der Waals surface area contributed by atoms with Crippen LogP contribution in [0.1, 0.15) is 44.2 Å². The van der Waals surface area contributed by atoms with E-state index in [2.05, 4.69) is 40.0 Å². The molecule has 1 aliphatic rings. The minimum Gasteiger partial charge on any atom is -0.490 e. The van der Waals surface area contributed by atoms with Crippen LogP contribution in [0.3, 0.4) is 0 Å². The van der Waals surface area contributed by atoms with Gasteiger partial charge in [0.05, 0.1) is 40.8 Å². The number of fused-ring (bicyclic) bond motifs is 1. The average Bonchev–Trinajstić information content (AvgIpc) is 3.19. The van der Waals surface area contributed by atoms with Crippen molar-refractivity contribution in [1.29, 1.82) is 0 Å². The molecule has 0 aliphatic carbocycles. The van der Waals surface area contributed by atoms with Gasteiger partial charge in [-0.15, -0.1) is 0 Å². The third-order valence-electron chi connectivity index (χ3n) is 5.70. The van der Waals surface area contributed by atoms with E-state index in [9.17, 15) is 4.21 Å². The molecule has 1 unspecified atom stereocenters. The summed E-state index contributed by atoms with van der Waals surface area (Å²) in [6.07, 6.45) is 3.71. The van der Waals surface area contributed by atoms with E-state index in [0.717, 1.165) is 29.7 Å². The molecule has 6 nitrogen and oxygen atoms in total. The Morgan fingerprint density at radius 2 is 1.77 bits per heavy atom. The number of piperidine rings is 1. The topological polar surface area (TPSA) is 67.5 Å². The Kier molecular flexibility index (Phi) is 6.80. The lowest BCUT2D eigenvalue weighted by Gasteiger charge is -2.31. The van der Waals surface area contributed by atoms with E-state index in [0.29, 0.717) is 35.6 Å². The number of hydrogen-bond donors (Lipinski definition) is 1. The van der Waals surface area contributed by atoms with Crippen molar-refractivity contribution in [1.82, 2.24) is 9.97 Å². The summed E-state index contributed by atoms with van der Waals surface area (Å²) in [5.41, 5.74) is 5.06. The second-order valence-electron chi connectivity index (χ2n) is 7.83.